The van der Waals surface area contributed by atoms with Gasteiger partial charge in [0.25, 0.3) is 0 Å². The fourth-order valence-corrected chi connectivity index (χ4v) is 7.85. The second-order valence-corrected chi connectivity index (χ2v) is 12.8. The molecule has 0 aliphatic carbocycles. The number of furan rings is 1. The molecule has 49 heavy (non-hydrogen) atoms. The van der Waals surface area contributed by atoms with Crippen LogP contribution in [-0.2, 0) is 0 Å². The predicted molar refractivity (Wildman–Crippen MR) is 208 cm³/mol. The molecule has 0 radical (unpaired) electrons. The lowest BCUT2D eigenvalue weighted by Crippen LogP contribution is -1.91. The van der Waals surface area contributed by atoms with Crippen LogP contribution in [0.15, 0.2) is 186 Å². The van der Waals surface area contributed by atoms with Crippen LogP contribution in [-0.4, -0.2) is 0 Å². The lowest BCUT2D eigenvalue weighted by molar-refractivity contribution is 0.673. The molecule has 0 aliphatic heterocycles. The van der Waals surface area contributed by atoms with Crippen molar-refractivity contribution in [3.63, 3.8) is 0 Å². The number of benzene rings is 9. The highest BCUT2D eigenvalue weighted by Crippen LogP contribution is 2.45. The smallest absolute Gasteiger partial charge is 0.143 e. The van der Waals surface area contributed by atoms with Crippen LogP contribution in [0.3, 0.4) is 0 Å². The highest BCUT2D eigenvalue weighted by atomic mass is 16.3. The maximum absolute atomic E-state index is 6.50. The zero-order valence-electron chi connectivity index (χ0n) is 26.7. The van der Waals surface area contributed by atoms with Gasteiger partial charge in [0.15, 0.2) is 0 Å². The Labute approximate surface area is 284 Å². The van der Waals surface area contributed by atoms with E-state index in [-0.39, 0.29) is 0 Å². The van der Waals surface area contributed by atoms with E-state index in [1.165, 1.54) is 71.4 Å². The summed E-state index contributed by atoms with van der Waals surface area (Å²) >= 11 is 0. The van der Waals surface area contributed by atoms with E-state index in [0.717, 1.165) is 27.3 Å². The fourth-order valence-electron chi connectivity index (χ4n) is 7.85. The molecule has 0 aliphatic rings. The van der Waals surface area contributed by atoms with Crippen LogP contribution in [0.5, 0.6) is 0 Å². The summed E-state index contributed by atoms with van der Waals surface area (Å²) in [5, 5.41) is 9.67. The number of fused-ring (bicyclic) bond motifs is 7. The molecule has 1 heterocycles. The average molecular weight is 623 g/mol. The Morgan fingerprint density at radius 3 is 1.57 bits per heavy atom. The van der Waals surface area contributed by atoms with Crippen molar-refractivity contribution in [1.82, 2.24) is 0 Å². The average Bonchev–Trinajstić information content (AvgIpc) is 3.57. The van der Waals surface area contributed by atoms with Crippen LogP contribution >= 0.6 is 0 Å². The molecule has 0 unspecified atom stereocenters. The Hall–Kier alpha value is -6.44. The summed E-state index contributed by atoms with van der Waals surface area (Å²) in [5.41, 5.74) is 11.6. The van der Waals surface area contributed by atoms with Gasteiger partial charge in [-0.2, -0.15) is 0 Å². The molecule has 1 nitrogen and oxygen atoms in total. The van der Waals surface area contributed by atoms with Gasteiger partial charge in [-0.3, -0.25) is 0 Å². The molecule has 228 valence electrons. The maximum Gasteiger partial charge on any atom is 0.143 e. The Morgan fingerprint density at radius 2 is 0.857 bits per heavy atom. The molecule has 0 saturated carbocycles. The van der Waals surface area contributed by atoms with Gasteiger partial charge >= 0.3 is 0 Å². The van der Waals surface area contributed by atoms with Crippen molar-refractivity contribution in [2.24, 2.45) is 0 Å². The lowest BCUT2D eigenvalue weighted by atomic mass is 9.85. The van der Waals surface area contributed by atoms with Gasteiger partial charge in [-0.05, 0) is 89.6 Å². The van der Waals surface area contributed by atoms with Gasteiger partial charge in [-0.25, -0.2) is 0 Å². The van der Waals surface area contributed by atoms with Crippen LogP contribution in [0, 0.1) is 0 Å². The van der Waals surface area contributed by atoms with E-state index in [4.69, 9.17) is 4.42 Å². The van der Waals surface area contributed by atoms with E-state index in [1.807, 2.05) is 0 Å². The predicted octanol–water partition coefficient (Wildman–Crippen LogP) is 13.7. The molecular formula is C48H30O. The molecule has 1 heteroatoms. The molecule has 9 aromatic carbocycles. The molecule has 0 fully saturated rings. The van der Waals surface area contributed by atoms with E-state index in [2.05, 4.69) is 182 Å². The van der Waals surface area contributed by atoms with Crippen LogP contribution < -0.4 is 0 Å². The van der Waals surface area contributed by atoms with Crippen molar-refractivity contribution in [2.45, 2.75) is 0 Å². The molecule has 0 spiro atoms. The number of hydrogen-bond acceptors (Lipinski definition) is 1. The van der Waals surface area contributed by atoms with Crippen LogP contribution in [0.25, 0.3) is 98.8 Å². The molecule has 0 N–H and O–H groups in total. The van der Waals surface area contributed by atoms with Gasteiger partial charge in [0.05, 0.1) is 0 Å². The van der Waals surface area contributed by atoms with Crippen molar-refractivity contribution in [2.75, 3.05) is 0 Å². The zero-order chi connectivity index (χ0) is 32.3. The Bertz CT molecular complexity index is 2800. The highest BCUT2D eigenvalue weighted by molar-refractivity contribution is 6.22. The van der Waals surface area contributed by atoms with Gasteiger partial charge in [-0.15, -0.1) is 0 Å². The quantitative estimate of drug-likeness (QED) is 0.178. The monoisotopic (exact) mass is 622 g/mol. The first kappa shape index (κ1) is 27.7. The maximum atomic E-state index is 6.50. The summed E-state index contributed by atoms with van der Waals surface area (Å²) in [5.74, 6) is 0. The lowest BCUT2D eigenvalue weighted by Gasteiger charge is -2.18. The number of hydrogen-bond donors (Lipinski definition) is 0. The molecule has 10 aromatic rings. The van der Waals surface area contributed by atoms with E-state index in [0.29, 0.717) is 0 Å². The summed E-state index contributed by atoms with van der Waals surface area (Å²) in [6, 6.07) is 65.7. The van der Waals surface area contributed by atoms with Crippen molar-refractivity contribution in [3.8, 4) is 44.5 Å². The summed E-state index contributed by atoms with van der Waals surface area (Å²) in [7, 11) is 0. The Kier molecular flexibility index (Phi) is 6.25. The second-order valence-electron chi connectivity index (χ2n) is 12.8. The van der Waals surface area contributed by atoms with Gasteiger partial charge < -0.3 is 4.42 Å². The highest BCUT2D eigenvalue weighted by Gasteiger charge is 2.18. The first-order valence-electron chi connectivity index (χ1n) is 16.8. The minimum Gasteiger partial charge on any atom is -0.455 e. The van der Waals surface area contributed by atoms with Gasteiger partial charge in [0.2, 0.25) is 0 Å². The first-order chi connectivity index (χ1) is 24.3. The summed E-state index contributed by atoms with van der Waals surface area (Å²) < 4.78 is 6.50. The molecule has 0 saturated heterocycles. The van der Waals surface area contributed by atoms with Crippen molar-refractivity contribution < 1.29 is 4.42 Å². The van der Waals surface area contributed by atoms with Gasteiger partial charge in [0.1, 0.15) is 11.2 Å². The third kappa shape index (κ3) is 4.40. The first-order valence-corrected chi connectivity index (χ1v) is 16.8. The van der Waals surface area contributed by atoms with E-state index in [9.17, 15) is 0 Å². The van der Waals surface area contributed by atoms with E-state index in [1.54, 1.807) is 0 Å². The number of rotatable bonds is 4. The van der Waals surface area contributed by atoms with Crippen LogP contribution in [0.1, 0.15) is 0 Å². The van der Waals surface area contributed by atoms with Crippen molar-refractivity contribution in [1.29, 1.82) is 0 Å². The van der Waals surface area contributed by atoms with E-state index < -0.39 is 0 Å². The Balaban J connectivity index is 1.15. The normalized spacial score (nSPS) is 11.7. The second kappa shape index (κ2) is 11.1. The topological polar surface area (TPSA) is 13.1 Å². The van der Waals surface area contributed by atoms with Gasteiger partial charge in [-0.1, -0.05) is 164 Å². The standard InChI is InChI=1S/C48H30O/c1-2-12-31(13-3-1)35-15-10-16-36(30-35)46-41-20-8-6-18-39(41)45(40-19-7-9-21-42(40)46)34-26-24-33(25-27-34)37-22-11-23-44-47(37)43-29-28-32-14-4-5-17-38(32)48(43)49-44/h1-30H. The summed E-state index contributed by atoms with van der Waals surface area (Å²) in [6.07, 6.45) is 0. The van der Waals surface area contributed by atoms with Gasteiger partial charge in [0, 0.05) is 16.2 Å². The van der Waals surface area contributed by atoms with Crippen molar-refractivity contribution in [3.05, 3.63) is 182 Å². The molecule has 1 aromatic heterocycles. The molecule has 0 bridgehead atoms. The van der Waals surface area contributed by atoms with Crippen LogP contribution in [0.2, 0.25) is 0 Å². The molecular weight excluding hydrogens is 593 g/mol. The zero-order valence-corrected chi connectivity index (χ0v) is 26.7. The SMILES string of the molecule is c1ccc(-c2cccc(-c3c4ccccc4c(-c4ccc(-c5cccc6oc7c8ccccc8ccc7c56)cc4)c4ccccc34)c2)cc1. The van der Waals surface area contributed by atoms with Crippen LogP contribution in [0.4, 0.5) is 0 Å². The molecule has 10 rings (SSSR count). The minimum absolute atomic E-state index is 0.914. The Morgan fingerprint density at radius 1 is 0.306 bits per heavy atom. The largest absolute Gasteiger partial charge is 0.455 e. The molecule has 0 amide bonds. The summed E-state index contributed by atoms with van der Waals surface area (Å²) in [4.78, 5) is 0. The van der Waals surface area contributed by atoms with E-state index >= 15 is 0 Å². The minimum atomic E-state index is 0.914. The third-order valence-electron chi connectivity index (χ3n) is 10.1. The van der Waals surface area contributed by atoms with Crippen molar-refractivity contribution >= 4 is 54.3 Å². The molecule has 0 atom stereocenters. The summed E-state index contributed by atoms with van der Waals surface area (Å²) in [6.45, 7) is 0. The third-order valence-corrected chi connectivity index (χ3v) is 10.1. The fraction of sp³-hybridized carbons (Fsp3) is 0.